The molecule has 1 aliphatic rings. The molecule has 1 aliphatic heterocycles. The van der Waals surface area contributed by atoms with E-state index in [2.05, 4.69) is 5.32 Å². The normalized spacial score (nSPS) is 19.7. The van der Waals surface area contributed by atoms with Crippen LogP contribution >= 0.6 is 0 Å². The van der Waals surface area contributed by atoms with Crippen molar-refractivity contribution < 1.29 is 9.53 Å². The number of carbonyl (C=O) groups excluding carboxylic acids is 1. The van der Waals surface area contributed by atoms with E-state index >= 15 is 0 Å². The number of hydrogen-bond donors (Lipinski definition) is 1. The first kappa shape index (κ1) is 10.0. The summed E-state index contributed by atoms with van der Waals surface area (Å²) in [7, 11) is 0. The van der Waals surface area contributed by atoms with Crippen LogP contribution in [0.3, 0.4) is 0 Å². The summed E-state index contributed by atoms with van der Waals surface area (Å²) in [6.45, 7) is 2.76. The average Bonchev–Trinajstić information content (AvgIpc) is 2.43. The summed E-state index contributed by atoms with van der Waals surface area (Å²) in [6.07, 6.45) is 2.68. The van der Waals surface area contributed by atoms with Crippen LogP contribution in [0.1, 0.15) is 30.0 Å². The van der Waals surface area contributed by atoms with Gasteiger partial charge in [0.2, 0.25) is 6.41 Å². The van der Waals surface area contributed by atoms with Crippen molar-refractivity contribution >= 4 is 6.41 Å². The van der Waals surface area contributed by atoms with Gasteiger partial charge < -0.3 is 10.1 Å². The number of amides is 1. The highest BCUT2D eigenvalue weighted by molar-refractivity contribution is 5.51. The first-order valence-electron chi connectivity index (χ1n) is 5.25. The number of rotatable bonds is 2. The number of nitrogens with one attached hydrogen (secondary N) is 1. The Balaban J connectivity index is 2.40. The molecule has 0 bridgehead atoms. The van der Waals surface area contributed by atoms with Crippen LogP contribution in [-0.2, 0) is 4.79 Å². The first-order valence-corrected chi connectivity index (χ1v) is 5.25. The Bertz CT molecular complexity index is 363. The minimum Gasteiger partial charge on any atom is -0.493 e. The highest BCUT2D eigenvalue weighted by Crippen LogP contribution is 2.33. The molecule has 1 aromatic carbocycles. The van der Waals surface area contributed by atoms with E-state index in [1.807, 2.05) is 25.1 Å². The zero-order valence-corrected chi connectivity index (χ0v) is 8.82. The van der Waals surface area contributed by atoms with E-state index in [1.165, 1.54) is 0 Å². The second-order valence-electron chi connectivity index (χ2n) is 3.82. The van der Waals surface area contributed by atoms with Crippen molar-refractivity contribution in [1.29, 1.82) is 0 Å². The molecule has 1 amide bonds. The second-order valence-corrected chi connectivity index (χ2v) is 3.82. The Morgan fingerprint density at radius 2 is 2.40 bits per heavy atom. The summed E-state index contributed by atoms with van der Waals surface area (Å²) in [5.74, 6) is 0.939. The van der Waals surface area contributed by atoms with Crippen LogP contribution in [0.25, 0.3) is 0 Å². The van der Waals surface area contributed by atoms with Crippen molar-refractivity contribution in [2.45, 2.75) is 25.8 Å². The highest BCUT2D eigenvalue weighted by Gasteiger charge is 2.19. The molecule has 0 spiro atoms. The number of fused-ring (bicyclic) bond motifs is 1. The molecule has 1 N–H and O–H groups in total. The Morgan fingerprint density at radius 1 is 1.53 bits per heavy atom. The third-order valence-electron chi connectivity index (χ3n) is 2.77. The van der Waals surface area contributed by atoms with Crippen LogP contribution in [0.4, 0.5) is 0 Å². The first-order chi connectivity index (χ1) is 7.33. The van der Waals surface area contributed by atoms with Crippen molar-refractivity contribution in [2.24, 2.45) is 0 Å². The van der Waals surface area contributed by atoms with E-state index in [4.69, 9.17) is 4.74 Å². The van der Waals surface area contributed by atoms with Gasteiger partial charge in [0, 0.05) is 5.56 Å². The van der Waals surface area contributed by atoms with E-state index in [-0.39, 0.29) is 6.04 Å². The van der Waals surface area contributed by atoms with E-state index in [9.17, 15) is 4.79 Å². The monoisotopic (exact) mass is 205 g/mol. The summed E-state index contributed by atoms with van der Waals surface area (Å²) in [4.78, 5) is 10.5. The lowest BCUT2D eigenvalue weighted by Gasteiger charge is -2.16. The maximum Gasteiger partial charge on any atom is 0.207 e. The second kappa shape index (κ2) is 4.34. The van der Waals surface area contributed by atoms with Crippen LogP contribution < -0.4 is 10.1 Å². The van der Waals surface area contributed by atoms with E-state index < -0.39 is 0 Å². The van der Waals surface area contributed by atoms with E-state index in [1.54, 1.807) is 0 Å². The van der Waals surface area contributed by atoms with Crippen molar-refractivity contribution in [3.05, 3.63) is 29.3 Å². The molecule has 0 saturated heterocycles. The Morgan fingerprint density at radius 3 is 3.20 bits per heavy atom. The fraction of sp³-hybridized carbons (Fsp3) is 0.417. The molecule has 3 heteroatoms. The molecule has 0 aromatic heterocycles. The Labute approximate surface area is 89.4 Å². The number of ether oxygens (including phenoxy) is 1. The van der Waals surface area contributed by atoms with Crippen LogP contribution in [0.5, 0.6) is 5.75 Å². The molecule has 1 unspecified atom stereocenters. The third kappa shape index (κ3) is 1.96. The molecule has 80 valence electrons. The van der Waals surface area contributed by atoms with Gasteiger partial charge in [-0.25, -0.2) is 0 Å². The summed E-state index contributed by atoms with van der Waals surface area (Å²) < 4.78 is 5.70. The summed E-state index contributed by atoms with van der Waals surface area (Å²) in [5.41, 5.74) is 2.23. The summed E-state index contributed by atoms with van der Waals surface area (Å²) >= 11 is 0. The SMILES string of the molecule is Cc1cccc2c1OCCCC2NC=O. The Kier molecular flexibility index (Phi) is 2.90. The van der Waals surface area contributed by atoms with Gasteiger partial charge in [-0.2, -0.15) is 0 Å². The lowest BCUT2D eigenvalue weighted by Crippen LogP contribution is -2.18. The molecule has 15 heavy (non-hydrogen) atoms. The summed E-state index contributed by atoms with van der Waals surface area (Å²) in [5, 5.41) is 2.85. The predicted molar refractivity (Wildman–Crippen MR) is 57.8 cm³/mol. The standard InChI is InChI=1S/C12H15NO2/c1-9-4-2-5-10-11(13-8-14)6-3-7-15-12(9)10/h2,4-5,8,11H,3,6-7H2,1H3,(H,13,14). The van der Waals surface area contributed by atoms with E-state index in [0.717, 1.165) is 42.7 Å². The molecular weight excluding hydrogens is 190 g/mol. The third-order valence-corrected chi connectivity index (χ3v) is 2.77. The minimum atomic E-state index is 0.0971. The topological polar surface area (TPSA) is 38.3 Å². The van der Waals surface area contributed by atoms with Crippen molar-refractivity contribution in [2.75, 3.05) is 6.61 Å². The molecule has 3 nitrogen and oxygen atoms in total. The number of aryl methyl sites for hydroxylation is 1. The number of carbonyl (C=O) groups is 1. The maximum atomic E-state index is 10.5. The van der Waals surface area contributed by atoms with Gasteiger partial charge in [-0.15, -0.1) is 0 Å². The van der Waals surface area contributed by atoms with Gasteiger partial charge in [-0.3, -0.25) is 4.79 Å². The van der Waals surface area contributed by atoms with Gasteiger partial charge in [0.25, 0.3) is 0 Å². The number of hydrogen-bond acceptors (Lipinski definition) is 2. The molecule has 1 aromatic rings. The predicted octanol–water partition coefficient (Wildman–Crippen LogP) is 1.95. The zero-order chi connectivity index (χ0) is 10.7. The molecular formula is C12H15NO2. The lowest BCUT2D eigenvalue weighted by atomic mass is 10.0. The molecule has 0 aliphatic carbocycles. The van der Waals surface area contributed by atoms with Gasteiger partial charge in [0.1, 0.15) is 5.75 Å². The molecule has 1 heterocycles. The van der Waals surface area contributed by atoms with Crippen LogP contribution in [0, 0.1) is 6.92 Å². The zero-order valence-electron chi connectivity index (χ0n) is 8.82. The fourth-order valence-electron chi connectivity index (χ4n) is 2.02. The minimum absolute atomic E-state index is 0.0971. The molecule has 0 saturated carbocycles. The smallest absolute Gasteiger partial charge is 0.207 e. The lowest BCUT2D eigenvalue weighted by molar-refractivity contribution is -0.110. The van der Waals surface area contributed by atoms with Crippen LogP contribution in [0.2, 0.25) is 0 Å². The van der Waals surface area contributed by atoms with Crippen LogP contribution in [0.15, 0.2) is 18.2 Å². The van der Waals surface area contributed by atoms with Crippen molar-refractivity contribution in [3.8, 4) is 5.75 Å². The summed E-state index contributed by atoms with van der Waals surface area (Å²) in [6, 6.07) is 6.15. The molecule has 0 radical (unpaired) electrons. The van der Waals surface area contributed by atoms with Gasteiger partial charge in [0.05, 0.1) is 12.6 Å². The van der Waals surface area contributed by atoms with Crippen LogP contribution in [-0.4, -0.2) is 13.0 Å². The van der Waals surface area contributed by atoms with Crippen molar-refractivity contribution in [3.63, 3.8) is 0 Å². The van der Waals surface area contributed by atoms with Gasteiger partial charge in [-0.1, -0.05) is 18.2 Å². The maximum absolute atomic E-state index is 10.5. The number of para-hydroxylation sites is 1. The largest absolute Gasteiger partial charge is 0.493 e. The number of benzene rings is 1. The molecule has 1 atom stereocenters. The quantitative estimate of drug-likeness (QED) is 0.749. The van der Waals surface area contributed by atoms with Crippen molar-refractivity contribution in [1.82, 2.24) is 5.32 Å². The molecule has 2 rings (SSSR count). The highest BCUT2D eigenvalue weighted by atomic mass is 16.5. The Hall–Kier alpha value is -1.51. The van der Waals surface area contributed by atoms with E-state index in [0.29, 0.717) is 0 Å². The molecule has 0 fully saturated rings. The average molecular weight is 205 g/mol. The fourth-order valence-corrected chi connectivity index (χ4v) is 2.02. The van der Waals surface area contributed by atoms with Gasteiger partial charge >= 0.3 is 0 Å². The van der Waals surface area contributed by atoms with Gasteiger partial charge in [-0.05, 0) is 25.3 Å². The van der Waals surface area contributed by atoms with Gasteiger partial charge in [0.15, 0.2) is 0 Å².